The van der Waals surface area contributed by atoms with E-state index in [-0.39, 0.29) is 35.4 Å². The summed E-state index contributed by atoms with van der Waals surface area (Å²) in [5, 5.41) is 10.0. The van der Waals surface area contributed by atoms with Gasteiger partial charge in [-0.15, -0.1) is 0 Å². The zero-order chi connectivity index (χ0) is 20.3. The van der Waals surface area contributed by atoms with Gasteiger partial charge in [0.2, 0.25) is 0 Å². The third-order valence-corrected chi connectivity index (χ3v) is 6.18. The van der Waals surface area contributed by atoms with Crippen molar-refractivity contribution < 1.29 is 19.0 Å². The number of hydrogen-bond donors (Lipinski definition) is 1. The van der Waals surface area contributed by atoms with Gasteiger partial charge in [-0.2, -0.15) is 0 Å². The van der Waals surface area contributed by atoms with Crippen LogP contribution in [-0.2, 0) is 0 Å². The smallest absolute Gasteiger partial charge is 0.259 e. The lowest BCUT2D eigenvalue weighted by molar-refractivity contribution is 0.0981. The topological polar surface area (TPSA) is 49.8 Å². The molecule has 5 heteroatoms. The number of rotatable bonds is 2. The number of anilines is 1. The lowest BCUT2D eigenvalue weighted by Crippen LogP contribution is -2.39. The first-order chi connectivity index (χ1) is 14.0. The monoisotopic (exact) mass is 389 g/mol. The summed E-state index contributed by atoms with van der Waals surface area (Å²) >= 11 is 0. The molecule has 0 aromatic heterocycles. The first kappa shape index (κ1) is 17.7. The van der Waals surface area contributed by atoms with Gasteiger partial charge < -0.3 is 14.7 Å². The predicted molar refractivity (Wildman–Crippen MR) is 108 cm³/mol. The molecule has 3 aromatic carbocycles. The fraction of sp³-hybridized carbons (Fsp3) is 0.208. The van der Waals surface area contributed by atoms with E-state index in [1.54, 1.807) is 23.1 Å². The van der Waals surface area contributed by atoms with Gasteiger partial charge in [0.1, 0.15) is 5.82 Å². The van der Waals surface area contributed by atoms with Crippen LogP contribution >= 0.6 is 0 Å². The van der Waals surface area contributed by atoms with Crippen molar-refractivity contribution in [3.63, 3.8) is 0 Å². The standard InChI is InChI=1S/C24H20FNO3/c1-13-22(14-7-10-20(27)21(11-14)29-2)18-12-15(25)8-9-19(18)26-23(13)16-5-3-4-6-17(16)24(26)28/h3-13,22-23,27H,1-2H3. The molecule has 1 N–H and O–H groups in total. The predicted octanol–water partition coefficient (Wildman–Crippen LogP) is 5.02. The maximum Gasteiger partial charge on any atom is 0.259 e. The number of amides is 1. The van der Waals surface area contributed by atoms with Crippen LogP contribution in [0.5, 0.6) is 11.5 Å². The van der Waals surface area contributed by atoms with Crippen LogP contribution in [0.2, 0.25) is 0 Å². The number of methoxy groups -OCH3 is 1. The average molecular weight is 389 g/mol. The van der Waals surface area contributed by atoms with Crippen LogP contribution in [0.3, 0.4) is 0 Å². The van der Waals surface area contributed by atoms with Gasteiger partial charge in [-0.25, -0.2) is 4.39 Å². The summed E-state index contributed by atoms with van der Waals surface area (Å²) in [6.45, 7) is 2.09. The zero-order valence-corrected chi connectivity index (χ0v) is 16.1. The van der Waals surface area contributed by atoms with Crippen LogP contribution in [0.15, 0.2) is 60.7 Å². The Kier molecular flexibility index (Phi) is 3.88. The number of benzene rings is 3. The number of fused-ring (bicyclic) bond motifs is 5. The van der Waals surface area contributed by atoms with E-state index in [9.17, 15) is 14.3 Å². The van der Waals surface area contributed by atoms with E-state index in [1.807, 2.05) is 30.3 Å². The van der Waals surface area contributed by atoms with Gasteiger partial charge in [0, 0.05) is 17.2 Å². The molecule has 2 heterocycles. The molecule has 0 fully saturated rings. The van der Waals surface area contributed by atoms with Gasteiger partial charge in [-0.05, 0) is 59.0 Å². The van der Waals surface area contributed by atoms with Crippen LogP contribution in [0, 0.1) is 11.7 Å². The highest BCUT2D eigenvalue weighted by molar-refractivity contribution is 6.12. The molecule has 0 spiro atoms. The SMILES string of the molecule is COc1cc(C2c3cc(F)ccc3N3C(=O)c4ccccc4C3C2C)ccc1O. The number of phenolic OH excluding ortho intramolecular Hbond substituents is 1. The molecule has 0 aliphatic carbocycles. The zero-order valence-electron chi connectivity index (χ0n) is 16.1. The van der Waals surface area contributed by atoms with Gasteiger partial charge in [0.05, 0.1) is 13.2 Å². The summed E-state index contributed by atoms with van der Waals surface area (Å²) in [7, 11) is 1.50. The molecule has 5 rings (SSSR count). The molecule has 0 saturated heterocycles. The number of halogens is 1. The summed E-state index contributed by atoms with van der Waals surface area (Å²) in [6.07, 6.45) is 0. The molecule has 0 radical (unpaired) electrons. The minimum atomic E-state index is -0.339. The van der Waals surface area contributed by atoms with Crippen molar-refractivity contribution in [3.8, 4) is 11.5 Å². The Morgan fingerprint density at radius 1 is 1.03 bits per heavy atom. The summed E-state index contributed by atoms with van der Waals surface area (Å²) in [4.78, 5) is 15.0. The Labute approximate surface area is 168 Å². The summed E-state index contributed by atoms with van der Waals surface area (Å²) in [5.74, 6) is -0.122. The number of phenols is 1. The molecule has 3 unspecified atom stereocenters. The normalized spacial score (nSPS) is 22.1. The Morgan fingerprint density at radius 2 is 1.83 bits per heavy atom. The number of carbonyl (C=O) groups excluding carboxylic acids is 1. The largest absolute Gasteiger partial charge is 0.504 e. The Hall–Kier alpha value is -3.34. The van der Waals surface area contributed by atoms with Crippen LogP contribution in [0.25, 0.3) is 0 Å². The van der Waals surface area contributed by atoms with Gasteiger partial charge in [-0.1, -0.05) is 31.2 Å². The van der Waals surface area contributed by atoms with Gasteiger partial charge in [0.25, 0.3) is 5.91 Å². The quantitative estimate of drug-likeness (QED) is 0.669. The van der Waals surface area contributed by atoms with Crippen molar-refractivity contribution >= 4 is 11.6 Å². The van der Waals surface area contributed by atoms with Crippen LogP contribution in [0.4, 0.5) is 10.1 Å². The first-order valence-corrected chi connectivity index (χ1v) is 9.60. The number of nitrogens with zero attached hydrogens (tertiary/aromatic N) is 1. The third-order valence-electron chi connectivity index (χ3n) is 6.18. The van der Waals surface area contributed by atoms with Crippen molar-refractivity contribution in [2.24, 2.45) is 5.92 Å². The molecule has 29 heavy (non-hydrogen) atoms. The fourth-order valence-electron chi connectivity index (χ4n) is 4.95. The molecule has 3 atom stereocenters. The van der Waals surface area contributed by atoms with E-state index in [0.29, 0.717) is 11.3 Å². The Balaban J connectivity index is 1.75. The minimum absolute atomic E-state index is 0.00820. The number of carbonyl (C=O) groups is 1. The highest BCUT2D eigenvalue weighted by atomic mass is 19.1. The van der Waals surface area contributed by atoms with Crippen LogP contribution in [-0.4, -0.2) is 18.1 Å². The second-order valence-corrected chi connectivity index (χ2v) is 7.68. The molecule has 4 nitrogen and oxygen atoms in total. The molecular weight excluding hydrogens is 369 g/mol. The van der Waals surface area contributed by atoms with Crippen molar-refractivity contribution in [3.05, 3.63) is 88.7 Å². The average Bonchev–Trinajstić information content (AvgIpc) is 3.02. The maximum atomic E-state index is 14.3. The molecular formula is C24H20FNO3. The fourth-order valence-corrected chi connectivity index (χ4v) is 4.95. The van der Waals surface area contributed by atoms with E-state index in [1.165, 1.54) is 19.2 Å². The maximum absolute atomic E-state index is 14.3. The second-order valence-electron chi connectivity index (χ2n) is 7.68. The molecule has 2 aliphatic heterocycles. The summed E-state index contributed by atoms with van der Waals surface area (Å²) in [6, 6.07) is 17.4. The van der Waals surface area contributed by atoms with Crippen LogP contribution in [0.1, 0.15) is 45.9 Å². The number of aromatic hydroxyl groups is 1. The number of hydrogen-bond acceptors (Lipinski definition) is 3. The van der Waals surface area contributed by atoms with Crippen molar-refractivity contribution in [1.82, 2.24) is 0 Å². The van der Waals surface area contributed by atoms with Gasteiger partial charge in [-0.3, -0.25) is 4.79 Å². The highest BCUT2D eigenvalue weighted by Crippen LogP contribution is 2.55. The van der Waals surface area contributed by atoms with Crippen molar-refractivity contribution in [1.29, 1.82) is 0 Å². The van der Waals surface area contributed by atoms with Crippen molar-refractivity contribution in [2.75, 3.05) is 12.0 Å². The van der Waals surface area contributed by atoms with Gasteiger partial charge >= 0.3 is 0 Å². The number of ether oxygens (including phenoxy) is 1. The van der Waals surface area contributed by atoms with E-state index in [0.717, 1.165) is 22.4 Å². The van der Waals surface area contributed by atoms with E-state index in [2.05, 4.69) is 6.92 Å². The lowest BCUT2D eigenvalue weighted by Gasteiger charge is -2.42. The Morgan fingerprint density at radius 3 is 2.62 bits per heavy atom. The third kappa shape index (κ3) is 2.47. The Bertz CT molecular complexity index is 1140. The highest BCUT2D eigenvalue weighted by Gasteiger charge is 2.48. The van der Waals surface area contributed by atoms with Gasteiger partial charge in [0.15, 0.2) is 11.5 Å². The van der Waals surface area contributed by atoms with E-state index >= 15 is 0 Å². The second kappa shape index (κ2) is 6.34. The molecule has 3 aromatic rings. The van der Waals surface area contributed by atoms with E-state index < -0.39 is 0 Å². The summed E-state index contributed by atoms with van der Waals surface area (Å²) in [5.41, 5.74) is 4.10. The molecule has 2 aliphatic rings. The van der Waals surface area contributed by atoms with E-state index in [4.69, 9.17) is 4.74 Å². The minimum Gasteiger partial charge on any atom is -0.504 e. The summed E-state index contributed by atoms with van der Waals surface area (Å²) < 4.78 is 19.6. The molecule has 146 valence electrons. The molecule has 0 saturated carbocycles. The lowest BCUT2D eigenvalue weighted by atomic mass is 9.73. The first-order valence-electron chi connectivity index (χ1n) is 9.60. The van der Waals surface area contributed by atoms with Crippen LogP contribution < -0.4 is 9.64 Å². The molecule has 0 bridgehead atoms. The molecule has 1 amide bonds. The van der Waals surface area contributed by atoms with Crippen molar-refractivity contribution in [2.45, 2.75) is 18.9 Å².